The summed E-state index contributed by atoms with van der Waals surface area (Å²) in [5.74, 6) is 3.49. The van der Waals surface area contributed by atoms with Gasteiger partial charge in [0, 0.05) is 44.2 Å². The minimum Gasteiger partial charge on any atom is -0.456 e. The largest absolute Gasteiger partial charge is 0.456 e. The minimum absolute atomic E-state index is 0.546. The predicted octanol–water partition coefficient (Wildman–Crippen LogP) is 14.4. The van der Waals surface area contributed by atoms with Gasteiger partial charge in [0.2, 0.25) is 0 Å². The summed E-state index contributed by atoms with van der Waals surface area (Å²) < 4.78 is 6.51. The zero-order chi connectivity index (χ0) is 43.1. The molecule has 0 amide bonds. The highest BCUT2D eigenvalue weighted by molar-refractivity contribution is 6.15. The van der Waals surface area contributed by atoms with Crippen molar-refractivity contribution in [1.29, 1.82) is 0 Å². The lowest BCUT2D eigenvalue weighted by molar-refractivity contribution is 0.669. The summed E-state index contributed by atoms with van der Waals surface area (Å²) in [6.45, 7) is 0. The Hall–Kier alpha value is -8.94. The molecule has 0 aliphatic carbocycles. The average Bonchev–Trinajstić information content (AvgIpc) is 3.78. The molecule has 12 rings (SSSR count). The number of furan rings is 1. The van der Waals surface area contributed by atoms with E-state index in [0.29, 0.717) is 34.9 Å². The molecule has 0 spiro atoms. The first-order chi connectivity index (χ1) is 32.2. The first kappa shape index (κ1) is 37.8. The highest BCUT2D eigenvalue weighted by Crippen LogP contribution is 2.43. The molecular weight excluding hydrogens is 797 g/mol. The van der Waals surface area contributed by atoms with Crippen LogP contribution in [0.3, 0.4) is 0 Å². The Kier molecular flexibility index (Phi) is 9.34. The third-order valence-electron chi connectivity index (χ3n) is 11.8. The summed E-state index contributed by atoms with van der Waals surface area (Å²) >= 11 is 0. The average molecular weight is 833 g/mol. The molecule has 12 aromatic rings. The molecule has 7 nitrogen and oxygen atoms in total. The fourth-order valence-electron chi connectivity index (χ4n) is 8.72. The van der Waals surface area contributed by atoms with Gasteiger partial charge < -0.3 is 4.42 Å². The number of hydrogen-bond acceptors (Lipinski definition) is 7. The van der Waals surface area contributed by atoms with E-state index in [4.69, 9.17) is 34.3 Å². The maximum Gasteiger partial charge on any atom is 0.165 e. The van der Waals surface area contributed by atoms with Gasteiger partial charge in [0.1, 0.15) is 11.2 Å². The normalized spacial score (nSPS) is 11.4. The molecule has 304 valence electrons. The molecule has 0 aliphatic rings. The van der Waals surface area contributed by atoms with Gasteiger partial charge in [-0.2, -0.15) is 0 Å². The Morgan fingerprint density at radius 2 is 0.692 bits per heavy atom. The fraction of sp³-hybridized carbons (Fsp3) is 0. The predicted molar refractivity (Wildman–Crippen MR) is 261 cm³/mol. The van der Waals surface area contributed by atoms with Crippen LogP contribution in [0.2, 0.25) is 0 Å². The Morgan fingerprint density at radius 3 is 1.38 bits per heavy atom. The Labute approximate surface area is 374 Å². The van der Waals surface area contributed by atoms with Crippen molar-refractivity contribution < 1.29 is 4.42 Å². The topological polar surface area (TPSA) is 90.5 Å². The number of aromatic nitrogens is 6. The lowest BCUT2D eigenvalue weighted by Crippen LogP contribution is -2.02. The van der Waals surface area contributed by atoms with Crippen LogP contribution < -0.4 is 0 Å². The molecule has 65 heavy (non-hydrogen) atoms. The maximum absolute atomic E-state index is 6.51. The van der Waals surface area contributed by atoms with E-state index < -0.39 is 0 Å². The zero-order valence-electron chi connectivity index (χ0n) is 34.9. The van der Waals surface area contributed by atoms with E-state index in [1.807, 2.05) is 115 Å². The van der Waals surface area contributed by atoms with Crippen molar-refractivity contribution in [3.8, 4) is 90.6 Å². The molecule has 0 saturated carbocycles. The molecule has 3 aromatic heterocycles. The van der Waals surface area contributed by atoms with E-state index in [0.717, 1.165) is 88.3 Å². The van der Waals surface area contributed by atoms with Crippen LogP contribution in [-0.2, 0) is 0 Å². The number of rotatable bonds is 8. The Morgan fingerprint density at radius 1 is 0.246 bits per heavy atom. The van der Waals surface area contributed by atoms with Gasteiger partial charge in [0.15, 0.2) is 34.9 Å². The van der Waals surface area contributed by atoms with E-state index in [9.17, 15) is 0 Å². The quantitative estimate of drug-likeness (QED) is 0.151. The molecule has 7 heteroatoms. The van der Waals surface area contributed by atoms with E-state index in [-0.39, 0.29) is 0 Å². The highest BCUT2D eigenvalue weighted by Gasteiger charge is 2.23. The van der Waals surface area contributed by atoms with Gasteiger partial charge in [-0.3, -0.25) is 0 Å². The van der Waals surface area contributed by atoms with Crippen LogP contribution in [0.5, 0.6) is 0 Å². The van der Waals surface area contributed by atoms with Gasteiger partial charge in [-0.15, -0.1) is 0 Å². The van der Waals surface area contributed by atoms with E-state index in [1.165, 1.54) is 0 Å². The number of para-hydroxylation sites is 1. The molecule has 0 radical (unpaired) electrons. The second-order valence-corrected chi connectivity index (χ2v) is 15.8. The molecule has 0 aliphatic heterocycles. The van der Waals surface area contributed by atoms with E-state index in [1.54, 1.807) is 0 Å². The zero-order valence-corrected chi connectivity index (χ0v) is 34.9. The summed E-state index contributed by atoms with van der Waals surface area (Å²) in [5, 5.41) is 4.09. The molecular formula is C58H36N6O. The minimum atomic E-state index is 0.546. The second kappa shape index (κ2) is 16.1. The standard InChI is InChI=1S/C58H36N6O/c1-4-17-37(18-5-1)43-26-12-13-27-46(43)56-60-53(40-20-6-2-7-21-40)59-55(62-56)42-33-31-39(32-34-42)45-35-36-50-51(48-28-14-15-30-49(48)65-50)52(45)58-63-54(41-22-8-3-9-23-41)61-57(64-58)47-29-16-24-38-19-10-11-25-44(38)47/h1-36H. The lowest BCUT2D eigenvalue weighted by atomic mass is 9.94. The van der Waals surface area contributed by atoms with E-state index in [2.05, 4.69) is 103 Å². The molecule has 0 N–H and O–H groups in total. The van der Waals surface area contributed by atoms with Gasteiger partial charge in [0.25, 0.3) is 0 Å². The smallest absolute Gasteiger partial charge is 0.165 e. The van der Waals surface area contributed by atoms with Crippen molar-refractivity contribution in [2.75, 3.05) is 0 Å². The van der Waals surface area contributed by atoms with Crippen molar-refractivity contribution in [3.63, 3.8) is 0 Å². The first-order valence-corrected chi connectivity index (χ1v) is 21.5. The van der Waals surface area contributed by atoms with Crippen LogP contribution in [0, 0.1) is 0 Å². The van der Waals surface area contributed by atoms with Gasteiger partial charge >= 0.3 is 0 Å². The van der Waals surface area contributed by atoms with E-state index >= 15 is 0 Å². The number of hydrogen-bond donors (Lipinski definition) is 0. The Balaban J connectivity index is 1.05. The number of nitrogens with zero attached hydrogens (tertiary/aromatic N) is 6. The molecule has 0 fully saturated rings. The van der Waals surface area contributed by atoms with Gasteiger partial charge in [-0.25, -0.2) is 29.9 Å². The second-order valence-electron chi connectivity index (χ2n) is 15.8. The first-order valence-electron chi connectivity index (χ1n) is 21.5. The Bertz CT molecular complexity index is 3700. The van der Waals surface area contributed by atoms with Crippen molar-refractivity contribution in [2.45, 2.75) is 0 Å². The van der Waals surface area contributed by atoms with Gasteiger partial charge in [0.05, 0.1) is 0 Å². The summed E-state index contributed by atoms with van der Waals surface area (Å²) in [6.07, 6.45) is 0. The van der Waals surface area contributed by atoms with Gasteiger partial charge in [-0.1, -0.05) is 200 Å². The number of benzene rings is 9. The van der Waals surface area contributed by atoms with Crippen LogP contribution in [-0.4, -0.2) is 29.9 Å². The molecule has 3 heterocycles. The monoisotopic (exact) mass is 832 g/mol. The summed E-state index contributed by atoms with van der Waals surface area (Å²) in [7, 11) is 0. The summed E-state index contributed by atoms with van der Waals surface area (Å²) in [4.78, 5) is 31.1. The summed E-state index contributed by atoms with van der Waals surface area (Å²) in [6, 6.07) is 74.0. The molecule has 9 aromatic carbocycles. The summed E-state index contributed by atoms with van der Waals surface area (Å²) in [5.41, 5.74) is 11.0. The van der Waals surface area contributed by atoms with Crippen molar-refractivity contribution >= 4 is 32.7 Å². The van der Waals surface area contributed by atoms with Crippen LogP contribution in [0.15, 0.2) is 223 Å². The molecule has 0 atom stereocenters. The molecule has 0 bridgehead atoms. The van der Waals surface area contributed by atoms with Crippen LogP contribution >= 0.6 is 0 Å². The maximum atomic E-state index is 6.51. The molecule has 0 unspecified atom stereocenters. The van der Waals surface area contributed by atoms with Crippen molar-refractivity contribution in [3.05, 3.63) is 218 Å². The van der Waals surface area contributed by atoms with Crippen molar-refractivity contribution in [1.82, 2.24) is 29.9 Å². The van der Waals surface area contributed by atoms with Gasteiger partial charge in [-0.05, 0) is 51.2 Å². The number of fused-ring (bicyclic) bond motifs is 4. The third-order valence-corrected chi connectivity index (χ3v) is 11.8. The molecule has 0 saturated heterocycles. The SMILES string of the molecule is c1ccc(-c2nc(-c3ccc(-c4ccc5oc6ccccc6c5c4-c4nc(-c5ccccc5)nc(-c5cccc6ccccc56)n4)cc3)nc(-c3ccccc3-c3ccccc3)n2)cc1. The third kappa shape index (κ3) is 6.98. The van der Waals surface area contributed by atoms with Crippen LogP contribution in [0.4, 0.5) is 0 Å². The fourth-order valence-corrected chi connectivity index (χ4v) is 8.72. The highest BCUT2D eigenvalue weighted by atomic mass is 16.3. The van der Waals surface area contributed by atoms with Crippen molar-refractivity contribution in [2.24, 2.45) is 0 Å². The van der Waals surface area contributed by atoms with Crippen LogP contribution in [0.1, 0.15) is 0 Å². The van der Waals surface area contributed by atoms with Crippen LogP contribution in [0.25, 0.3) is 123 Å². The lowest BCUT2D eigenvalue weighted by Gasteiger charge is -2.15.